The number of benzene rings is 2. The number of rotatable bonds is 8. The van der Waals surface area contributed by atoms with Crippen LogP contribution in [0.2, 0.25) is 0 Å². The quantitative estimate of drug-likeness (QED) is 0.624. The molecule has 28 heavy (non-hydrogen) atoms. The van der Waals surface area contributed by atoms with Gasteiger partial charge in [-0.1, -0.05) is 48.0 Å². The molecule has 1 atom stereocenters. The number of furan rings is 1. The van der Waals surface area contributed by atoms with E-state index in [-0.39, 0.29) is 17.4 Å². The zero-order valence-corrected chi connectivity index (χ0v) is 16.8. The number of hydrogen-bond acceptors (Lipinski definition) is 4. The van der Waals surface area contributed by atoms with E-state index in [9.17, 15) is 9.00 Å². The van der Waals surface area contributed by atoms with Gasteiger partial charge in [0.2, 0.25) is 0 Å². The van der Waals surface area contributed by atoms with E-state index >= 15 is 0 Å². The van der Waals surface area contributed by atoms with Gasteiger partial charge in [0.25, 0.3) is 5.91 Å². The highest BCUT2D eigenvalue weighted by Gasteiger charge is 2.14. The summed E-state index contributed by atoms with van der Waals surface area (Å²) in [6, 6.07) is 18.8. The van der Waals surface area contributed by atoms with Crippen molar-refractivity contribution in [2.45, 2.75) is 25.0 Å². The second-order valence-corrected chi connectivity index (χ2v) is 7.93. The molecule has 1 N–H and O–H groups in total. The van der Waals surface area contributed by atoms with Crippen LogP contribution in [0.15, 0.2) is 65.1 Å². The fraction of sp³-hybridized carbons (Fsp3) is 0.227. The molecule has 5 nitrogen and oxygen atoms in total. The van der Waals surface area contributed by atoms with Crippen molar-refractivity contribution in [1.29, 1.82) is 0 Å². The van der Waals surface area contributed by atoms with Crippen molar-refractivity contribution < 1.29 is 18.2 Å². The van der Waals surface area contributed by atoms with E-state index in [1.807, 2.05) is 55.5 Å². The Balaban J connectivity index is 1.54. The predicted octanol–water partition coefficient (Wildman–Crippen LogP) is 3.98. The van der Waals surface area contributed by atoms with Crippen LogP contribution in [0.3, 0.4) is 0 Å². The van der Waals surface area contributed by atoms with Crippen molar-refractivity contribution in [1.82, 2.24) is 5.32 Å². The molecular weight excluding hydrogens is 374 g/mol. The third kappa shape index (κ3) is 5.33. The number of carbonyl (C=O) groups is 1. The van der Waals surface area contributed by atoms with E-state index < -0.39 is 10.8 Å². The smallest absolute Gasteiger partial charge is 0.287 e. The largest absolute Gasteiger partial charge is 0.496 e. The Kier molecular flexibility index (Phi) is 6.66. The number of para-hydroxylation sites is 1. The summed E-state index contributed by atoms with van der Waals surface area (Å²) in [5.74, 6) is 1.87. The third-order valence-corrected chi connectivity index (χ3v) is 5.53. The Morgan fingerprint density at radius 1 is 1.04 bits per heavy atom. The molecule has 3 aromatic rings. The molecule has 0 saturated carbocycles. The first-order chi connectivity index (χ1) is 13.5. The maximum atomic E-state index is 12.4. The van der Waals surface area contributed by atoms with Crippen molar-refractivity contribution >= 4 is 16.7 Å². The second-order valence-electron chi connectivity index (χ2n) is 6.47. The molecule has 1 aromatic heterocycles. The van der Waals surface area contributed by atoms with Crippen LogP contribution >= 0.6 is 0 Å². The van der Waals surface area contributed by atoms with Crippen LogP contribution in [0.25, 0.3) is 0 Å². The average Bonchev–Trinajstić information content (AvgIpc) is 3.16. The van der Waals surface area contributed by atoms with Crippen LogP contribution in [-0.2, 0) is 28.9 Å². The molecule has 0 spiro atoms. The van der Waals surface area contributed by atoms with Crippen LogP contribution in [0.4, 0.5) is 0 Å². The van der Waals surface area contributed by atoms with E-state index in [1.165, 1.54) is 5.56 Å². The monoisotopic (exact) mass is 397 g/mol. The van der Waals surface area contributed by atoms with Gasteiger partial charge in [0.1, 0.15) is 11.5 Å². The number of aryl methyl sites for hydroxylation is 1. The molecule has 0 aliphatic rings. The summed E-state index contributed by atoms with van der Waals surface area (Å²) in [7, 11) is 0.485. The fourth-order valence-corrected chi connectivity index (χ4v) is 3.91. The highest BCUT2D eigenvalue weighted by molar-refractivity contribution is 7.83. The lowest BCUT2D eigenvalue weighted by atomic mass is 10.2. The first-order valence-corrected chi connectivity index (χ1v) is 10.4. The summed E-state index contributed by atoms with van der Waals surface area (Å²) < 4.78 is 23.2. The van der Waals surface area contributed by atoms with Crippen molar-refractivity contribution in [3.63, 3.8) is 0 Å². The van der Waals surface area contributed by atoms with Gasteiger partial charge in [-0.25, -0.2) is 0 Å². The topological polar surface area (TPSA) is 68.5 Å². The zero-order valence-electron chi connectivity index (χ0n) is 15.9. The van der Waals surface area contributed by atoms with Crippen LogP contribution in [-0.4, -0.2) is 17.2 Å². The van der Waals surface area contributed by atoms with Gasteiger partial charge < -0.3 is 14.5 Å². The first-order valence-electron chi connectivity index (χ1n) is 8.94. The standard InChI is InChI=1S/C22H23NO4S/c1-16-7-9-17(10-8-16)14-28(25)15-19-11-12-21(27-19)22(24)23-13-18-5-3-4-6-20(18)26-2/h3-12H,13-15H2,1-2H3,(H,23,24)/t28-/m0/s1. The Morgan fingerprint density at radius 3 is 2.54 bits per heavy atom. The first kappa shape index (κ1) is 19.9. The van der Waals surface area contributed by atoms with Gasteiger partial charge in [-0.05, 0) is 30.7 Å². The highest BCUT2D eigenvalue weighted by Crippen LogP contribution is 2.17. The van der Waals surface area contributed by atoms with Gasteiger partial charge in [-0.15, -0.1) is 0 Å². The van der Waals surface area contributed by atoms with Crippen molar-refractivity contribution in [2.75, 3.05) is 7.11 Å². The molecule has 0 aliphatic heterocycles. The third-order valence-electron chi connectivity index (χ3n) is 4.27. The summed E-state index contributed by atoms with van der Waals surface area (Å²) >= 11 is 0. The van der Waals surface area contributed by atoms with Crippen molar-refractivity contribution in [3.05, 3.63) is 88.9 Å². The summed E-state index contributed by atoms with van der Waals surface area (Å²) in [4.78, 5) is 12.3. The lowest BCUT2D eigenvalue weighted by Crippen LogP contribution is -2.22. The van der Waals surface area contributed by atoms with Crippen molar-refractivity contribution in [3.8, 4) is 5.75 Å². The number of carbonyl (C=O) groups excluding carboxylic acids is 1. The lowest BCUT2D eigenvalue weighted by molar-refractivity contribution is 0.0921. The molecule has 0 unspecified atom stereocenters. The van der Waals surface area contributed by atoms with Crippen LogP contribution in [0.1, 0.15) is 33.0 Å². The van der Waals surface area contributed by atoms with Crippen LogP contribution in [0, 0.1) is 6.92 Å². The fourth-order valence-electron chi connectivity index (χ4n) is 2.77. The van der Waals surface area contributed by atoms with Gasteiger partial charge in [-0.3, -0.25) is 9.00 Å². The molecule has 0 fully saturated rings. The maximum Gasteiger partial charge on any atom is 0.287 e. The molecule has 1 heterocycles. The minimum Gasteiger partial charge on any atom is -0.496 e. The van der Waals surface area contributed by atoms with Gasteiger partial charge in [0.05, 0.1) is 12.9 Å². The van der Waals surface area contributed by atoms with Gasteiger partial charge in [0, 0.05) is 28.7 Å². The van der Waals surface area contributed by atoms with Gasteiger partial charge in [0.15, 0.2) is 5.76 Å². The highest BCUT2D eigenvalue weighted by atomic mass is 32.2. The molecule has 6 heteroatoms. The second kappa shape index (κ2) is 9.37. The number of ether oxygens (including phenoxy) is 1. The lowest BCUT2D eigenvalue weighted by Gasteiger charge is -2.08. The molecule has 0 saturated heterocycles. The normalized spacial score (nSPS) is 11.8. The molecule has 0 radical (unpaired) electrons. The summed E-state index contributed by atoms with van der Waals surface area (Å²) in [5, 5.41) is 2.81. The number of amides is 1. The molecule has 0 aliphatic carbocycles. The van der Waals surface area contributed by atoms with E-state index in [4.69, 9.17) is 9.15 Å². The minimum atomic E-state index is -1.11. The SMILES string of the molecule is COc1ccccc1CNC(=O)c1ccc(C[S@@](=O)Cc2ccc(C)cc2)o1. The molecule has 3 rings (SSSR count). The molecular formula is C22H23NO4S. The molecule has 1 amide bonds. The summed E-state index contributed by atoms with van der Waals surface area (Å²) in [5.41, 5.74) is 3.07. The van der Waals surface area contributed by atoms with E-state index in [0.717, 1.165) is 16.9 Å². The Labute approximate surface area is 167 Å². The maximum absolute atomic E-state index is 12.4. The van der Waals surface area contributed by atoms with E-state index in [1.54, 1.807) is 19.2 Å². The summed E-state index contributed by atoms with van der Waals surface area (Å²) in [6.07, 6.45) is 0. The van der Waals surface area contributed by atoms with Crippen LogP contribution in [0.5, 0.6) is 5.75 Å². The number of nitrogens with one attached hydrogen (secondary N) is 1. The zero-order chi connectivity index (χ0) is 19.9. The molecule has 146 valence electrons. The number of methoxy groups -OCH3 is 1. The molecule has 2 aromatic carbocycles. The van der Waals surface area contributed by atoms with Crippen molar-refractivity contribution in [2.24, 2.45) is 0 Å². The van der Waals surface area contributed by atoms with E-state index in [0.29, 0.717) is 18.1 Å². The molecule has 0 bridgehead atoms. The Bertz CT molecular complexity index is 963. The average molecular weight is 397 g/mol. The summed E-state index contributed by atoms with van der Waals surface area (Å²) in [6.45, 7) is 2.35. The van der Waals surface area contributed by atoms with Gasteiger partial charge in [-0.2, -0.15) is 0 Å². The minimum absolute atomic E-state index is 0.206. The van der Waals surface area contributed by atoms with E-state index in [2.05, 4.69) is 5.32 Å². The predicted molar refractivity (Wildman–Crippen MR) is 110 cm³/mol. The van der Waals surface area contributed by atoms with Gasteiger partial charge >= 0.3 is 0 Å². The number of hydrogen-bond donors (Lipinski definition) is 1. The Hall–Kier alpha value is -2.86. The Morgan fingerprint density at radius 2 is 1.79 bits per heavy atom. The van der Waals surface area contributed by atoms with Crippen LogP contribution < -0.4 is 10.1 Å².